The summed E-state index contributed by atoms with van der Waals surface area (Å²) in [6.07, 6.45) is 0.0769. The maximum absolute atomic E-state index is 13.3. The monoisotopic (exact) mass is 260 g/mol. The smallest absolute Gasteiger partial charge is 0.126 e. The maximum Gasteiger partial charge on any atom is 0.126 e. The Morgan fingerprint density at radius 3 is 2.88 bits per heavy atom. The molecule has 96 valence electrons. The van der Waals surface area contributed by atoms with Crippen molar-refractivity contribution in [2.24, 2.45) is 5.73 Å². The van der Waals surface area contributed by atoms with Gasteiger partial charge < -0.3 is 16.2 Å². The maximum atomic E-state index is 13.3. The average molecular weight is 261 g/mol. The van der Waals surface area contributed by atoms with Crippen LogP contribution >= 0.6 is 11.6 Å². The molecule has 0 aromatic heterocycles. The van der Waals surface area contributed by atoms with E-state index >= 15 is 0 Å². The number of halogens is 2. The number of hydrogen-bond donors (Lipinski definition) is 3. The summed E-state index contributed by atoms with van der Waals surface area (Å²) in [5.41, 5.74) is 6.58. The van der Waals surface area contributed by atoms with Crippen LogP contribution in [0.4, 0.5) is 4.39 Å². The number of rotatable bonds is 6. The Kier molecular flexibility index (Phi) is 5.85. The summed E-state index contributed by atoms with van der Waals surface area (Å²) in [6, 6.07) is 3.08. The quantitative estimate of drug-likeness (QED) is 0.675. The molecule has 1 aromatic carbocycles. The summed E-state index contributed by atoms with van der Waals surface area (Å²) in [7, 11) is 0. The van der Waals surface area contributed by atoms with E-state index < -0.39 is 6.10 Å². The van der Waals surface area contributed by atoms with Gasteiger partial charge in [-0.1, -0.05) is 11.6 Å². The lowest BCUT2D eigenvalue weighted by molar-refractivity contribution is 0.180. The number of hydrogen-bond acceptors (Lipinski definition) is 3. The summed E-state index contributed by atoms with van der Waals surface area (Å²) in [5, 5.41) is 12.8. The Bertz CT molecular complexity index is 374. The van der Waals surface area contributed by atoms with Crippen LogP contribution in [-0.2, 0) is 6.42 Å². The number of aryl methyl sites for hydroxylation is 1. The predicted octanol–water partition coefficient (Wildman–Crippen LogP) is 1.24. The number of aliphatic hydroxyl groups excluding tert-OH is 1. The van der Waals surface area contributed by atoms with Gasteiger partial charge >= 0.3 is 0 Å². The third-order valence-corrected chi connectivity index (χ3v) is 2.90. The van der Waals surface area contributed by atoms with Crippen LogP contribution in [0, 0.1) is 12.7 Å². The predicted molar refractivity (Wildman–Crippen MR) is 67.8 cm³/mol. The molecule has 1 rings (SSSR count). The van der Waals surface area contributed by atoms with Gasteiger partial charge in [-0.2, -0.15) is 0 Å². The molecule has 17 heavy (non-hydrogen) atoms. The van der Waals surface area contributed by atoms with E-state index in [0.29, 0.717) is 30.1 Å². The summed E-state index contributed by atoms with van der Waals surface area (Å²) >= 11 is 6.01. The lowest BCUT2D eigenvalue weighted by Crippen LogP contribution is -2.33. The Labute approximate surface area is 106 Å². The van der Waals surface area contributed by atoms with Gasteiger partial charge in [0.2, 0.25) is 0 Å². The third-order valence-electron chi connectivity index (χ3n) is 2.55. The minimum atomic E-state index is -0.541. The number of benzene rings is 1. The number of nitrogens with one attached hydrogen (secondary N) is 1. The topological polar surface area (TPSA) is 58.3 Å². The van der Waals surface area contributed by atoms with Crippen molar-refractivity contribution in [1.29, 1.82) is 0 Å². The second kappa shape index (κ2) is 6.91. The van der Waals surface area contributed by atoms with E-state index in [1.54, 1.807) is 13.0 Å². The average Bonchev–Trinajstić information content (AvgIpc) is 2.30. The summed E-state index contributed by atoms with van der Waals surface area (Å²) in [6.45, 7) is 2.97. The van der Waals surface area contributed by atoms with Crippen molar-refractivity contribution in [1.82, 2.24) is 5.32 Å². The molecule has 5 heteroatoms. The molecule has 1 aromatic rings. The first-order valence-electron chi connectivity index (χ1n) is 5.58. The largest absolute Gasteiger partial charge is 0.390 e. The standard InChI is InChI=1S/C12H18ClFN2O/c1-8-4-11(13)9(5-12(8)14)2-3-16-7-10(17)6-15/h4-5,10,16-17H,2-3,6-7,15H2,1H3. The van der Waals surface area contributed by atoms with E-state index in [1.807, 2.05) is 0 Å². The van der Waals surface area contributed by atoms with E-state index in [2.05, 4.69) is 5.32 Å². The molecule has 0 saturated carbocycles. The molecule has 0 heterocycles. The minimum absolute atomic E-state index is 0.229. The second-order valence-electron chi connectivity index (χ2n) is 4.04. The summed E-state index contributed by atoms with van der Waals surface area (Å²) < 4.78 is 13.3. The van der Waals surface area contributed by atoms with Gasteiger partial charge in [0.1, 0.15) is 5.82 Å². The van der Waals surface area contributed by atoms with E-state index in [4.69, 9.17) is 17.3 Å². The normalized spacial score (nSPS) is 12.8. The minimum Gasteiger partial charge on any atom is -0.390 e. The second-order valence-corrected chi connectivity index (χ2v) is 4.44. The van der Waals surface area contributed by atoms with Gasteiger partial charge in [-0.25, -0.2) is 4.39 Å². The van der Waals surface area contributed by atoms with Crippen molar-refractivity contribution >= 4 is 11.6 Å². The van der Waals surface area contributed by atoms with Gasteiger partial charge in [-0.3, -0.25) is 0 Å². The molecule has 0 aliphatic heterocycles. The van der Waals surface area contributed by atoms with E-state index in [9.17, 15) is 9.50 Å². The van der Waals surface area contributed by atoms with Crippen LogP contribution in [0.5, 0.6) is 0 Å². The molecule has 0 spiro atoms. The van der Waals surface area contributed by atoms with Gasteiger partial charge in [0.25, 0.3) is 0 Å². The van der Waals surface area contributed by atoms with Crippen LogP contribution in [0.15, 0.2) is 12.1 Å². The van der Waals surface area contributed by atoms with Crippen LogP contribution in [0.2, 0.25) is 5.02 Å². The fourth-order valence-electron chi connectivity index (χ4n) is 1.45. The van der Waals surface area contributed by atoms with Crippen LogP contribution in [0.3, 0.4) is 0 Å². The SMILES string of the molecule is Cc1cc(Cl)c(CCNCC(O)CN)cc1F. The lowest BCUT2D eigenvalue weighted by Gasteiger charge is -2.10. The molecule has 0 bridgehead atoms. The Morgan fingerprint density at radius 1 is 1.53 bits per heavy atom. The van der Waals surface area contributed by atoms with Crippen LogP contribution in [0.1, 0.15) is 11.1 Å². The van der Waals surface area contributed by atoms with Crippen LogP contribution in [-0.4, -0.2) is 30.8 Å². The van der Waals surface area contributed by atoms with Crippen molar-refractivity contribution in [3.05, 3.63) is 34.1 Å². The molecule has 0 amide bonds. The van der Waals surface area contributed by atoms with Gasteiger partial charge in [0.15, 0.2) is 0 Å². The first-order chi connectivity index (χ1) is 8.04. The highest BCUT2D eigenvalue weighted by molar-refractivity contribution is 6.31. The molecular weight excluding hydrogens is 243 g/mol. The molecule has 1 atom stereocenters. The molecule has 0 fully saturated rings. The summed E-state index contributed by atoms with van der Waals surface area (Å²) in [5.74, 6) is -0.244. The van der Waals surface area contributed by atoms with Crippen LogP contribution < -0.4 is 11.1 Å². The summed E-state index contributed by atoms with van der Waals surface area (Å²) in [4.78, 5) is 0. The van der Waals surface area contributed by atoms with Crippen LogP contribution in [0.25, 0.3) is 0 Å². The highest BCUT2D eigenvalue weighted by Gasteiger charge is 2.06. The fourth-order valence-corrected chi connectivity index (χ4v) is 1.77. The van der Waals surface area contributed by atoms with Gasteiger partial charge in [0, 0.05) is 18.1 Å². The van der Waals surface area contributed by atoms with Gasteiger partial charge in [0.05, 0.1) is 6.10 Å². The molecule has 0 aliphatic rings. The number of aliphatic hydroxyl groups is 1. The molecule has 0 saturated heterocycles. The number of nitrogens with two attached hydrogens (primary N) is 1. The van der Waals surface area contributed by atoms with Crippen molar-refractivity contribution in [3.8, 4) is 0 Å². The van der Waals surface area contributed by atoms with E-state index in [1.165, 1.54) is 6.07 Å². The molecule has 1 unspecified atom stereocenters. The Hall–Kier alpha value is -0.680. The first-order valence-corrected chi connectivity index (χ1v) is 5.95. The zero-order valence-electron chi connectivity index (χ0n) is 9.84. The third kappa shape index (κ3) is 4.60. The highest BCUT2D eigenvalue weighted by Crippen LogP contribution is 2.20. The Morgan fingerprint density at radius 2 is 2.24 bits per heavy atom. The van der Waals surface area contributed by atoms with E-state index in [0.717, 1.165) is 5.56 Å². The first kappa shape index (κ1) is 14.4. The van der Waals surface area contributed by atoms with Crippen molar-refractivity contribution < 1.29 is 9.50 Å². The fraction of sp³-hybridized carbons (Fsp3) is 0.500. The van der Waals surface area contributed by atoms with Crippen molar-refractivity contribution in [2.45, 2.75) is 19.4 Å². The molecule has 3 nitrogen and oxygen atoms in total. The van der Waals surface area contributed by atoms with E-state index in [-0.39, 0.29) is 12.4 Å². The van der Waals surface area contributed by atoms with Crippen molar-refractivity contribution in [3.63, 3.8) is 0 Å². The molecular formula is C12H18ClFN2O. The zero-order valence-corrected chi connectivity index (χ0v) is 10.6. The Balaban J connectivity index is 2.44. The van der Waals surface area contributed by atoms with Gasteiger partial charge in [-0.05, 0) is 43.1 Å². The zero-order chi connectivity index (χ0) is 12.8. The van der Waals surface area contributed by atoms with Gasteiger partial charge in [-0.15, -0.1) is 0 Å². The van der Waals surface area contributed by atoms with Crippen molar-refractivity contribution in [2.75, 3.05) is 19.6 Å². The molecule has 0 aliphatic carbocycles. The lowest BCUT2D eigenvalue weighted by atomic mass is 10.1. The molecule has 0 radical (unpaired) electrons. The highest BCUT2D eigenvalue weighted by atomic mass is 35.5. The molecule has 4 N–H and O–H groups in total.